The van der Waals surface area contributed by atoms with Crippen LogP contribution < -0.4 is 14.8 Å². The third kappa shape index (κ3) is 4.43. The van der Waals surface area contributed by atoms with Gasteiger partial charge in [-0.3, -0.25) is 9.69 Å². The molecule has 2 aromatic carbocycles. The second-order valence-electron chi connectivity index (χ2n) is 5.79. The predicted molar refractivity (Wildman–Crippen MR) is 113 cm³/mol. The molecule has 0 bridgehead atoms. The highest BCUT2D eigenvalue weighted by Gasteiger charge is 2.27. The Morgan fingerprint density at radius 1 is 1.26 bits per heavy atom. The zero-order chi connectivity index (χ0) is 19.6. The fourth-order valence-corrected chi connectivity index (χ4v) is 3.21. The molecule has 0 aromatic heterocycles. The summed E-state index contributed by atoms with van der Waals surface area (Å²) >= 11 is 14.5. The molecule has 27 heavy (non-hydrogen) atoms. The van der Waals surface area contributed by atoms with E-state index in [-0.39, 0.29) is 5.91 Å². The summed E-state index contributed by atoms with van der Waals surface area (Å²) in [6.07, 6.45) is 1.72. The number of carbonyl (C=O) groups excluding carboxylic acids is 1. The number of ether oxygens (including phenoxy) is 2. The van der Waals surface area contributed by atoms with Crippen LogP contribution in [-0.4, -0.2) is 30.1 Å². The maximum absolute atomic E-state index is 12.2. The Kier molecular flexibility index (Phi) is 6.04. The number of benzene rings is 2. The summed E-state index contributed by atoms with van der Waals surface area (Å²) in [6, 6.07) is 11.0. The van der Waals surface area contributed by atoms with Crippen LogP contribution in [0.4, 0.5) is 0 Å². The Morgan fingerprint density at radius 2 is 1.96 bits per heavy atom. The second-order valence-corrected chi connectivity index (χ2v) is 7.47. The molecule has 2 aromatic rings. The number of hydrogen-bond acceptors (Lipinski definition) is 4. The molecule has 140 valence electrons. The smallest absolute Gasteiger partial charge is 0.276 e. The largest absolute Gasteiger partial charge is 0.493 e. The molecule has 1 fully saturated rings. The van der Waals surface area contributed by atoms with Crippen molar-refractivity contribution in [3.8, 4) is 11.5 Å². The van der Waals surface area contributed by atoms with Crippen molar-refractivity contribution in [1.29, 1.82) is 0 Å². The van der Waals surface area contributed by atoms with Crippen LogP contribution in [0.2, 0.25) is 5.02 Å². The normalized spacial score (nSPS) is 15.3. The highest BCUT2D eigenvalue weighted by atomic mass is 79.9. The molecule has 1 amide bonds. The number of carbonyl (C=O) groups is 1. The molecule has 1 heterocycles. The van der Waals surface area contributed by atoms with Gasteiger partial charge in [-0.2, -0.15) is 0 Å². The van der Waals surface area contributed by atoms with Crippen LogP contribution in [0.1, 0.15) is 11.1 Å². The molecule has 1 aliphatic rings. The zero-order valence-electron chi connectivity index (χ0n) is 14.6. The molecule has 0 atom stereocenters. The first-order valence-corrected chi connectivity index (χ1v) is 9.52. The van der Waals surface area contributed by atoms with Gasteiger partial charge in [-0.15, -0.1) is 0 Å². The van der Waals surface area contributed by atoms with Gasteiger partial charge < -0.3 is 14.8 Å². The van der Waals surface area contributed by atoms with E-state index in [0.717, 1.165) is 15.6 Å². The maximum atomic E-state index is 12.2. The quantitative estimate of drug-likeness (QED) is 0.522. The fraction of sp³-hybridized carbons (Fsp3) is 0.158. The highest BCUT2D eigenvalue weighted by Crippen LogP contribution is 2.35. The van der Waals surface area contributed by atoms with E-state index in [1.165, 1.54) is 4.90 Å². The first kappa shape index (κ1) is 19.7. The minimum atomic E-state index is -0.186. The van der Waals surface area contributed by atoms with Crippen molar-refractivity contribution < 1.29 is 14.3 Å². The number of amides is 1. The summed E-state index contributed by atoms with van der Waals surface area (Å²) in [5, 5.41) is 3.95. The lowest BCUT2D eigenvalue weighted by Gasteiger charge is -2.13. The molecule has 5 nitrogen and oxygen atoms in total. The number of rotatable bonds is 5. The molecular weight excluding hydrogens is 452 g/mol. The molecule has 0 saturated carbocycles. The van der Waals surface area contributed by atoms with Crippen LogP contribution in [-0.2, 0) is 11.4 Å². The molecule has 0 aliphatic carbocycles. The number of methoxy groups -OCH3 is 1. The molecular formula is C19H16BrClN2O3S. The van der Waals surface area contributed by atoms with E-state index in [9.17, 15) is 4.79 Å². The van der Waals surface area contributed by atoms with Crippen molar-refractivity contribution in [2.75, 3.05) is 14.2 Å². The van der Waals surface area contributed by atoms with Crippen molar-refractivity contribution in [3.05, 3.63) is 62.7 Å². The number of nitrogens with zero attached hydrogens (tertiary/aromatic N) is 1. The molecule has 1 N–H and O–H groups in total. The average molecular weight is 468 g/mol. The molecule has 0 spiro atoms. The van der Waals surface area contributed by atoms with Crippen LogP contribution >= 0.6 is 39.7 Å². The third-order valence-electron chi connectivity index (χ3n) is 3.97. The Labute approximate surface area is 176 Å². The number of thiocarbonyl (C=S) groups is 1. The minimum absolute atomic E-state index is 0.186. The molecule has 0 unspecified atom stereocenters. The monoisotopic (exact) mass is 466 g/mol. The summed E-state index contributed by atoms with van der Waals surface area (Å²) in [5.74, 6) is 0.953. The van der Waals surface area contributed by atoms with Crippen molar-refractivity contribution in [2.24, 2.45) is 0 Å². The lowest BCUT2D eigenvalue weighted by Crippen LogP contribution is -2.25. The molecule has 1 aliphatic heterocycles. The third-order valence-corrected chi connectivity index (χ3v) is 5.29. The van der Waals surface area contributed by atoms with Gasteiger partial charge in [0, 0.05) is 16.5 Å². The lowest BCUT2D eigenvalue weighted by molar-refractivity contribution is -0.121. The number of nitrogens with one attached hydrogen (secondary N) is 1. The average Bonchev–Trinajstić information content (AvgIpc) is 2.89. The van der Waals surface area contributed by atoms with Crippen molar-refractivity contribution in [1.82, 2.24) is 10.2 Å². The van der Waals surface area contributed by atoms with Crippen LogP contribution in [0.5, 0.6) is 11.5 Å². The van der Waals surface area contributed by atoms with Gasteiger partial charge in [-0.05, 0) is 53.7 Å². The van der Waals surface area contributed by atoms with E-state index in [1.807, 2.05) is 30.3 Å². The Balaban J connectivity index is 1.84. The van der Waals surface area contributed by atoms with E-state index in [2.05, 4.69) is 21.2 Å². The Morgan fingerprint density at radius 3 is 2.56 bits per heavy atom. The minimum Gasteiger partial charge on any atom is -0.493 e. The predicted octanol–water partition coefficient (Wildman–Crippen LogP) is 4.38. The first-order chi connectivity index (χ1) is 12.9. The highest BCUT2D eigenvalue weighted by molar-refractivity contribution is 9.10. The van der Waals surface area contributed by atoms with E-state index < -0.39 is 0 Å². The van der Waals surface area contributed by atoms with Gasteiger partial charge in [0.2, 0.25) is 0 Å². The first-order valence-electron chi connectivity index (χ1n) is 7.94. The van der Waals surface area contributed by atoms with Crippen molar-refractivity contribution in [2.45, 2.75) is 6.61 Å². The van der Waals surface area contributed by atoms with Gasteiger partial charge in [-0.25, -0.2) is 0 Å². The maximum Gasteiger partial charge on any atom is 0.276 e. The molecule has 1 saturated heterocycles. The summed E-state index contributed by atoms with van der Waals surface area (Å²) in [7, 11) is 3.19. The Bertz CT molecular complexity index is 931. The summed E-state index contributed by atoms with van der Waals surface area (Å²) < 4.78 is 12.1. The van der Waals surface area contributed by atoms with E-state index >= 15 is 0 Å². The number of halogens is 2. The van der Waals surface area contributed by atoms with Gasteiger partial charge in [0.25, 0.3) is 5.91 Å². The summed E-state index contributed by atoms with van der Waals surface area (Å²) in [4.78, 5) is 13.5. The zero-order valence-corrected chi connectivity index (χ0v) is 17.7. The number of hydrogen-bond donors (Lipinski definition) is 1. The van der Waals surface area contributed by atoms with Gasteiger partial charge >= 0.3 is 0 Å². The van der Waals surface area contributed by atoms with E-state index in [0.29, 0.717) is 33.9 Å². The summed E-state index contributed by atoms with van der Waals surface area (Å²) in [6.45, 7) is 0.375. The topological polar surface area (TPSA) is 50.8 Å². The van der Waals surface area contributed by atoms with Gasteiger partial charge in [0.1, 0.15) is 12.3 Å². The molecule has 3 rings (SSSR count). The van der Waals surface area contributed by atoms with E-state index in [1.54, 1.807) is 26.3 Å². The summed E-state index contributed by atoms with van der Waals surface area (Å²) in [5.41, 5.74) is 2.15. The van der Waals surface area contributed by atoms with Crippen LogP contribution in [0, 0.1) is 0 Å². The fourth-order valence-electron chi connectivity index (χ4n) is 2.45. The van der Waals surface area contributed by atoms with Crippen molar-refractivity contribution >= 4 is 56.8 Å². The van der Waals surface area contributed by atoms with Crippen LogP contribution in [0.25, 0.3) is 6.08 Å². The van der Waals surface area contributed by atoms with Gasteiger partial charge in [-0.1, -0.05) is 39.7 Å². The molecule has 0 radical (unpaired) electrons. The SMILES string of the molecule is COc1cc(C=C2NC(=S)N(C)C2=O)c(Br)cc1OCc1ccc(Cl)cc1. The number of likely N-dealkylation sites (N-methyl/N-ethyl adjacent to an activating group) is 1. The van der Waals surface area contributed by atoms with Gasteiger partial charge in [0.05, 0.1) is 7.11 Å². The lowest BCUT2D eigenvalue weighted by atomic mass is 10.1. The van der Waals surface area contributed by atoms with Gasteiger partial charge in [0.15, 0.2) is 16.6 Å². The second kappa shape index (κ2) is 8.29. The molecule has 8 heteroatoms. The van der Waals surface area contributed by atoms with Crippen LogP contribution in [0.15, 0.2) is 46.6 Å². The Hall–Kier alpha value is -2.09. The van der Waals surface area contributed by atoms with E-state index in [4.69, 9.17) is 33.3 Å². The standard InChI is InChI=1S/C19H16BrClN2O3S/c1-23-18(24)15(22-19(23)27)7-12-8-16(25-2)17(9-14(12)20)26-10-11-3-5-13(21)6-4-11/h3-9H,10H2,1-2H3,(H,22,27). The van der Waals surface area contributed by atoms with Crippen molar-refractivity contribution in [3.63, 3.8) is 0 Å². The van der Waals surface area contributed by atoms with Crippen LogP contribution in [0.3, 0.4) is 0 Å².